The van der Waals surface area contributed by atoms with Gasteiger partial charge in [0.25, 0.3) is 0 Å². The number of aromatic nitrogens is 2. The van der Waals surface area contributed by atoms with Crippen LogP contribution in [-0.2, 0) is 17.9 Å². The van der Waals surface area contributed by atoms with Crippen LogP contribution in [0.1, 0.15) is 26.0 Å². The zero-order valence-electron chi connectivity index (χ0n) is 9.59. The molecule has 0 radical (unpaired) electrons. The first-order chi connectivity index (χ1) is 7.81. The van der Waals surface area contributed by atoms with Gasteiger partial charge in [-0.15, -0.1) is 0 Å². The van der Waals surface area contributed by atoms with E-state index in [-0.39, 0.29) is 12.7 Å². The SMILES string of the molecule is CC[C@@H](C)OCc1nn(CC(F)(F)F)cc1I. The van der Waals surface area contributed by atoms with Gasteiger partial charge in [-0.05, 0) is 35.9 Å². The van der Waals surface area contributed by atoms with Crippen LogP contribution < -0.4 is 0 Å². The van der Waals surface area contributed by atoms with Gasteiger partial charge in [0.05, 0.1) is 16.3 Å². The van der Waals surface area contributed by atoms with Gasteiger partial charge in [-0.25, -0.2) is 0 Å². The van der Waals surface area contributed by atoms with Crippen molar-refractivity contribution in [2.75, 3.05) is 0 Å². The van der Waals surface area contributed by atoms with E-state index in [0.717, 1.165) is 11.1 Å². The van der Waals surface area contributed by atoms with E-state index in [2.05, 4.69) is 5.10 Å². The number of nitrogens with zero attached hydrogens (tertiary/aromatic N) is 2. The summed E-state index contributed by atoms with van der Waals surface area (Å²) >= 11 is 1.96. The Morgan fingerprint density at radius 2 is 2.18 bits per heavy atom. The molecule has 1 aromatic heterocycles. The van der Waals surface area contributed by atoms with Gasteiger partial charge in [0, 0.05) is 6.20 Å². The van der Waals surface area contributed by atoms with Crippen LogP contribution in [0.25, 0.3) is 0 Å². The van der Waals surface area contributed by atoms with Crippen molar-refractivity contribution in [2.45, 2.75) is 45.7 Å². The second-order valence-electron chi connectivity index (χ2n) is 3.77. The quantitative estimate of drug-likeness (QED) is 0.752. The second-order valence-corrected chi connectivity index (χ2v) is 4.93. The van der Waals surface area contributed by atoms with Crippen LogP contribution in [0.2, 0.25) is 0 Å². The average Bonchev–Trinajstić information content (AvgIpc) is 2.52. The molecular weight excluding hydrogens is 348 g/mol. The molecule has 0 fully saturated rings. The predicted molar refractivity (Wildman–Crippen MR) is 65.5 cm³/mol. The van der Waals surface area contributed by atoms with Gasteiger partial charge >= 0.3 is 6.18 Å². The van der Waals surface area contributed by atoms with Crippen LogP contribution in [0.3, 0.4) is 0 Å². The highest BCUT2D eigenvalue weighted by Crippen LogP contribution is 2.19. The maximum absolute atomic E-state index is 12.2. The smallest absolute Gasteiger partial charge is 0.372 e. The minimum absolute atomic E-state index is 0.0820. The van der Waals surface area contributed by atoms with Crippen molar-refractivity contribution < 1.29 is 17.9 Å². The lowest BCUT2D eigenvalue weighted by Gasteiger charge is -2.09. The molecule has 0 N–H and O–H groups in total. The third-order valence-electron chi connectivity index (χ3n) is 2.21. The van der Waals surface area contributed by atoms with Crippen molar-refractivity contribution in [3.63, 3.8) is 0 Å². The molecular formula is C10H14F3IN2O. The van der Waals surface area contributed by atoms with Crippen molar-refractivity contribution in [3.05, 3.63) is 15.5 Å². The molecule has 0 saturated heterocycles. The first kappa shape index (κ1) is 14.7. The molecule has 1 atom stereocenters. The Morgan fingerprint density at radius 3 is 2.71 bits per heavy atom. The summed E-state index contributed by atoms with van der Waals surface area (Å²) in [5.74, 6) is 0. The Balaban J connectivity index is 2.62. The summed E-state index contributed by atoms with van der Waals surface area (Å²) < 4.78 is 43.5. The first-order valence-corrected chi connectivity index (χ1v) is 6.30. The predicted octanol–water partition coefficient (Wildman–Crippen LogP) is 3.37. The monoisotopic (exact) mass is 362 g/mol. The van der Waals surface area contributed by atoms with Crippen molar-refractivity contribution in [3.8, 4) is 0 Å². The number of alkyl halides is 3. The van der Waals surface area contributed by atoms with Crippen molar-refractivity contribution >= 4 is 22.6 Å². The van der Waals surface area contributed by atoms with Crippen molar-refractivity contribution in [1.29, 1.82) is 0 Å². The molecule has 1 heterocycles. The largest absolute Gasteiger partial charge is 0.408 e. The summed E-state index contributed by atoms with van der Waals surface area (Å²) in [4.78, 5) is 0. The summed E-state index contributed by atoms with van der Waals surface area (Å²) in [6.07, 6.45) is -1.92. The number of hydrogen-bond acceptors (Lipinski definition) is 2. The van der Waals surface area contributed by atoms with Crippen LogP contribution in [0, 0.1) is 3.57 Å². The molecule has 0 bridgehead atoms. The zero-order valence-corrected chi connectivity index (χ0v) is 11.7. The molecule has 0 amide bonds. The van der Waals surface area contributed by atoms with E-state index in [1.54, 1.807) is 0 Å². The van der Waals surface area contributed by atoms with Crippen molar-refractivity contribution in [2.24, 2.45) is 0 Å². The second kappa shape index (κ2) is 6.03. The van der Waals surface area contributed by atoms with Gasteiger partial charge in [0.15, 0.2) is 0 Å². The lowest BCUT2D eigenvalue weighted by atomic mass is 10.3. The molecule has 1 aromatic rings. The molecule has 0 saturated carbocycles. The molecule has 0 unspecified atom stereocenters. The fraction of sp³-hybridized carbons (Fsp3) is 0.700. The van der Waals surface area contributed by atoms with Gasteiger partial charge in [0.1, 0.15) is 12.2 Å². The van der Waals surface area contributed by atoms with Crippen LogP contribution in [-0.4, -0.2) is 22.1 Å². The van der Waals surface area contributed by atoms with Crippen molar-refractivity contribution in [1.82, 2.24) is 9.78 Å². The van der Waals surface area contributed by atoms with Gasteiger partial charge in [0.2, 0.25) is 0 Å². The maximum Gasteiger partial charge on any atom is 0.408 e. The molecule has 1 rings (SSSR count). The van der Waals surface area contributed by atoms with Crippen LogP contribution >= 0.6 is 22.6 Å². The number of rotatable bonds is 5. The molecule has 17 heavy (non-hydrogen) atoms. The first-order valence-electron chi connectivity index (χ1n) is 5.22. The van der Waals surface area contributed by atoms with E-state index in [1.807, 2.05) is 36.4 Å². The molecule has 0 spiro atoms. The summed E-state index contributed by atoms with van der Waals surface area (Å²) in [5.41, 5.74) is 0.551. The molecule has 0 aromatic carbocycles. The normalized spacial score (nSPS) is 14.0. The van der Waals surface area contributed by atoms with E-state index in [4.69, 9.17) is 4.74 Å². The molecule has 3 nitrogen and oxygen atoms in total. The highest BCUT2D eigenvalue weighted by molar-refractivity contribution is 14.1. The molecule has 0 aliphatic rings. The molecule has 98 valence electrons. The van der Waals surface area contributed by atoms with Crippen LogP contribution in [0.5, 0.6) is 0 Å². The highest BCUT2D eigenvalue weighted by Gasteiger charge is 2.28. The van der Waals surface area contributed by atoms with Gasteiger partial charge < -0.3 is 4.74 Å². The Hall–Kier alpha value is -0.310. The lowest BCUT2D eigenvalue weighted by molar-refractivity contribution is -0.142. The minimum atomic E-state index is -4.25. The fourth-order valence-corrected chi connectivity index (χ4v) is 1.72. The van der Waals surface area contributed by atoms with Crippen LogP contribution in [0.15, 0.2) is 6.20 Å². The third kappa shape index (κ3) is 5.24. The minimum Gasteiger partial charge on any atom is -0.372 e. The van der Waals surface area contributed by atoms with Crippen LogP contribution in [0.4, 0.5) is 13.2 Å². The van der Waals surface area contributed by atoms with E-state index < -0.39 is 12.7 Å². The topological polar surface area (TPSA) is 27.1 Å². The highest BCUT2D eigenvalue weighted by atomic mass is 127. The van der Waals surface area contributed by atoms with Gasteiger partial charge in [-0.3, -0.25) is 4.68 Å². The Bertz CT molecular complexity index is 365. The Morgan fingerprint density at radius 1 is 1.53 bits per heavy atom. The standard InChI is InChI=1S/C10H14F3IN2O/c1-3-7(2)17-5-9-8(14)4-16(15-9)6-10(11,12)13/h4,7H,3,5-6H2,1-2H3/t7-/m1/s1. The molecule has 7 heteroatoms. The zero-order chi connectivity index (χ0) is 13.1. The lowest BCUT2D eigenvalue weighted by Crippen LogP contribution is -2.18. The number of halogens is 4. The average molecular weight is 362 g/mol. The summed E-state index contributed by atoms with van der Waals surface area (Å²) in [7, 11) is 0. The summed E-state index contributed by atoms with van der Waals surface area (Å²) in [6, 6.07) is 0. The third-order valence-corrected chi connectivity index (χ3v) is 3.11. The Labute approximate surface area is 111 Å². The number of ether oxygens (including phenoxy) is 1. The van der Waals surface area contributed by atoms with Gasteiger partial charge in [-0.2, -0.15) is 18.3 Å². The number of hydrogen-bond donors (Lipinski definition) is 0. The van der Waals surface area contributed by atoms with E-state index in [1.165, 1.54) is 6.20 Å². The maximum atomic E-state index is 12.2. The fourth-order valence-electron chi connectivity index (χ4n) is 1.14. The summed E-state index contributed by atoms with van der Waals surface area (Å²) in [6.45, 7) is 3.09. The van der Waals surface area contributed by atoms with E-state index in [0.29, 0.717) is 9.26 Å². The molecule has 0 aliphatic carbocycles. The molecule has 0 aliphatic heterocycles. The van der Waals surface area contributed by atoms with Gasteiger partial charge in [-0.1, -0.05) is 6.92 Å². The summed E-state index contributed by atoms with van der Waals surface area (Å²) in [5, 5.41) is 3.87. The Kier molecular flexibility index (Phi) is 5.23. The van der Waals surface area contributed by atoms with E-state index >= 15 is 0 Å². The van der Waals surface area contributed by atoms with E-state index in [9.17, 15) is 13.2 Å².